The molecule has 1 saturated heterocycles. The Hall–Kier alpha value is -3.43. The molecule has 13 heteroatoms. The molecule has 3 aromatic rings. The number of hydrogen-bond acceptors (Lipinski definition) is 10. The molecule has 1 aliphatic heterocycles. The number of halogens is 1. The predicted octanol–water partition coefficient (Wildman–Crippen LogP) is 0.956. The van der Waals surface area contributed by atoms with Crippen molar-refractivity contribution in [2.24, 2.45) is 0 Å². The molecular weight excluding hydrogens is 613 g/mol. The van der Waals surface area contributed by atoms with Gasteiger partial charge in [-0.15, -0.1) is 0 Å². The number of ether oxygens (including phenoxy) is 2. The number of alkyl halides is 1. The van der Waals surface area contributed by atoms with Gasteiger partial charge < -0.3 is 45.4 Å². The highest BCUT2D eigenvalue weighted by molar-refractivity contribution is 5.76. The number of aliphatic hydroxyl groups is 6. The fourth-order valence-electron chi connectivity index (χ4n) is 5.48. The summed E-state index contributed by atoms with van der Waals surface area (Å²) in [5, 5.41) is 66.3. The summed E-state index contributed by atoms with van der Waals surface area (Å²) in [6, 6.07) is 17.4. The second kappa shape index (κ2) is 16.6. The van der Waals surface area contributed by atoms with Gasteiger partial charge in [0.15, 0.2) is 6.17 Å². The Bertz CT molecular complexity index is 1410. The van der Waals surface area contributed by atoms with Crippen LogP contribution in [0.25, 0.3) is 0 Å². The van der Waals surface area contributed by atoms with Gasteiger partial charge in [0, 0.05) is 18.4 Å². The van der Waals surface area contributed by atoms with Crippen molar-refractivity contribution >= 4 is 5.91 Å². The Labute approximate surface area is 273 Å². The minimum atomic E-state index is -1.99. The number of hydrogen-bond donors (Lipinski definition) is 7. The molecule has 258 valence electrons. The van der Waals surface area contributed by atoms with E-state index in [1.54, 1.807) is 4.68 Å². The zero-order valence-corrected chi connectivity index (χ0v) is 26.7. The minimum absolute atomic E-state index is 0.0146. The Morgan fingerprint density at radius 3 is 2.21 bits per heavy atom. The van der Waals surface area contributed by atoms with Gasteiger partial charge in [0.25, 0.3) is 0 Å². The summed E-state index contributed by atoms with van der Waals surface area (Å²) in [5.74, 6) is -0.103. The van der Waals surface area contributed by atoms with Crippen LogP contribution in [0.5, 0.6) is 5.88 Å². The Morgan fingerprint density at radius 2 is 1.62 bits per heavy atom. The molecule has 1 aliphatic rings. The maximum Gasteiger partial charge on any atom is 0.231 e. The van der Waals surface area contributed by atoms with E-state index in [1.165, 1.54) is 0 Å². The number of rotatable bonds is 16. The molecule has 47 heavy (non-hydrogen) atoms. The average Bonchev–Trinajstić information content (AvgIpc) is 3.41. The van der Waals surface area contributed by atoms with Crippen LogP contribution in [0.3, 0.4) is 0 Å². The first kappa shape index (κ1) is 36.4. The maximum atomic E-state index is 14.5. The Morgan fingerprint density at radius 1 is 0.979 bits per heavy atom. The van der Waals surface area contributed by atoms with Gasteiger partial charge in [0.1, 0.15) is 23.9 Å². The quantitative estimate of drug-likeness (QED) is 0.117. The molecule has 1 aromatic heterocycles. The van der Waals surface area contributed by atoms with Gasteiger partial charge in [-0.2, -0.15) is 5.10 Å². The van der Waals surface area contributed by atoms with Crippen molar-refractivity contribution in [2.75, 3.05) is 26.4 Å². The van der Waals surface area contributed by atoms with E-state index in [2.05, 4.69) is 5.32 Å². The third kappa shape index (κ3) is 8.93. The molecule has 5 atom stereocenters. The van der Waals surface area contributed by atoms with E-state index in [0.717, 1.165) is 27.9 Å². The Kier molecular flexibility index (Phi) is 12.9. The van der Waals surface area contributed by atoms with Crippen LogP contribution in [-0.4, -0.2) is 109 Å². The van der Waals surface area contributed by atoms with Gasteiger partial charge in [-0.3, -0.25) is 4.79 Å². The smallest absolute Gasteiger partial charge is 0.231 e. The number of nitrogens with one attached hydrogen (secondary N) is 1. The second-order valence-corrected chi connectivity index (χ2v) is 12.4. The summed E-state index contributed by atoms with van der Waals surface area (Å²) in [7, 11) is 0. The van der Waals surface area contributed by atoms with Crippen molar-refractivity contribution in [1.82, 2.24) is 15.1 Å². The van der Waals surface area contributed by atoms with E-state index in [1.807, 2.05) is 68.4 Å². The van der Waals surface area contributed by atoms with Crippen LogP contribution in [0.2, 0.25) is 0 Å². The number of benzene rings is 2. The van der Waals surface area contributed by atoms with Crippen LogP contribution in [0, 0.1) is 0 Å². The number of carbonyl (C=O) groups excluding carboxylic acids is 1. The molecule has 0 bridgehead atoms. The van der Waals surface area contributed by atoms with Crippen molar-refractivity contribution in [3.63, 3.8) is 0 Å². The topological polar surface area (TPSA) is 187 Å². The summed E-state index contributed by atoms with van der Waals surface area (Å²) in [4.78, 5) is 12.3. The number of carbonyl (C=O) groups is 1. The zero-order chi connectivity index (χ0) is 34.1. The molecule has 7 N–H and O–H groups in total. The molecule has 0 aliphatic carbocycles. The lowest BCUT2D eigenvalue weighted by Crippen LogP contribution is -2.58. The lowest BCUT2D eigenvalue weighted by Gasteiger charge is -2.38. The van der Waals surface area contributed by atoms with Crippen LogP contribution >= 0.6 is 0 Å². The largest absolute Gasteiger partial charge is 0.445 e. The van der Waals surface area contributed by atoms with Crippen molar-refractivity contribution in [3.05, 3.63) is 82.5 Å². The van der Waals surface area contributed by atoms with Crippen molar-refractivity contribution in [1.29, 1.82) is 0 Å². The molecular formula is C34H46FN3O9. The molecule has 2 aromatic carbocycles. The first-order chi connectivity index (χ1) is 22.5. The van der Waals surface area contributed by atoms with Crippen LogP contribution < -0.4 is 10.1 Å². The molecule has 0 unspecified atom stereocenters. The average molecular weight is 660 g/mol. The zero-order valence-electron chi connectivity index (χ0n) is 26.7. The van der Waals surface area contributed by atoms with Crippen LogP contribution in [0.4, 0.5) is 4.39 Å². The van der Waals surface area contributed by atoms with Gasteiger partial charge in [-0.25, -0.2) is 9.07 Å². The number of aryl methyl sites for hydroxylation is 1. The molecule has 1 amide bonds. The molecule has 0 saturated carbocycles. The molecule has 0 radical (unpaired) electrons. The highest BCUT2D eigenvalue weighted by Crippen LogP contribution is 2.34. The van der Waals surface area contributed by atoms with Gasteiger partial charge in [-0.1, -0.05) is 68.4 Å². The highest BCUT2D eigenvalue weighted by Gasteiger charge is 2.46. The van der Waals surface area contributed by atoms with Gasteiger partial charge in [0.05, 0.1) is 38.7 Å². The summed E-state index contributed by atoms with van der Waals surface area (Å²) >= 11 is 0. The van der Waals surface area contributed by atoms with Crippen molar-refractivity contribution in [2.45, 2.75) is 88.3 Å². The summed E-state index contributed by atoms with van der Waals surface area (Å²) in [6.07, 6.45) is -6.71. The van der Waals surface area contributed by atoms with Gasteiger partial charge in [-0.05, 0) is 35.4 Å². The van der Waals surface area contributed by atoms with Gasteiger partial charge in [0.2, 0.25) is 18.1 Å². The van der Waals surface area contributed by atoms with Gasteiger partial charge >= 0.3 is 0 Å². The fraction of sp³-hybridized carbons (Fsp3) is 0.529. The first-order valence-electron chi connectivity index (χ1n) is 15.8. The van der Waals surface area contributed by atoms with E-state index >= 15 is 0 Å². The molecule has 2 heterocycles. The summed E-state index contributed by atoms with van der Waals surface area (Å²) < 4.78 is 27.9. The van der Waals surface area contributed by atoms with Crippen LogP contribution in [0.15, 0.2) is 54.6 Å². The normalized spacial score (nSPS) is 21.6. The highest BCUT2D eigenvalue weighted by atomic mass is 19.1. The van der Waals surface area contributed by atoms with E-state index < -0.39 is 62.7 Å². The number of aliphatic hydroxyl groups excluding tert-OH is 6. The van der Waals surface area contributed by atoms with E-state index in [9.17, 15) is 39.8 Å². The lowest BCUT2D eigenvalue weighted by atomic mass is 9.97. The minimum Gasteiger partial charge on any atom is -0.445 e. The van der Waals surface area contributed by atoms with E-state index in [0.29, 0.717) is 31.7 Å². The number of amides is 1. The van der Waals surface area contributed by atoms with E-state index in [4.69, 9.17) is 14.6 Å². The van der Waals surface area contributed by atoms with Crippen molar-refractivity contribution in [3.8, 4) is 5.88 Å². The Balaban J connectivity index is 1.54. The third-order valence-electron chi connectivity index (χ3n) is 8.36. The third-order valence-corrected chi connectivity index (χ3v) is 8.36. The van der Waals surface area contributed by atoms with Crippen molar-refractivity contribution < 1.29 is 49.3 Å². The number of aromatic nitrogens is 2. The SMILES string of the molecule is CC(C)c1nn(Cc2ccccc2)c(O[C@@H]2O[C@H](CO)[C@@H](F)[C@H](O)[C@@H]2O)c1Cc1ccc(CCCC(=O)NC(CO)(CO)CO)cc1. The number of nitrogens with zero attached hydrogens (tertiary/aromatic N) is 2. The lowest BCUT2D eigenvalue weighted by molar-refractivity contribution is -0.266. The maximum absolute atomic E-state index is 14.5. The summed E-state index contributed by atoms with van der Waals surface area (Å²) in [6.45, 7) is 1.88. The molecule has 12 nitrogen and oxygen atoms in total. The summed E-state index contributed by atoms with van der Waals surface area (Å²) in [5.41, 5.74) is 2.89. The van der Waals surface area contributed by atoms with E-state index in [-0.39, 0.29) is 18.2 Å². The molecule has 4 rings (SSSR count). The predicted molar refractivity (Wildman–Crippen MR) is 169 cm³/mol. The second-order valence-electron chi connectivity index (χ2n) is 12.4. The van der Waals surface area contributed by atoms with Crippen LogP contribution in [-0.2, 0) is 28.9 Å². The standard InChI is InChI=1S/C34H46FN3O9/c1-21(2)29-25(15-23-13-11-22(12-14-23)9-6-10-27(43)36-34(18-40,19-41)20-42)32(38(37-29)16-24-7-4-3-5-8-24)47-33-31(45)30(44)28(35)26(17-39)46-33/h3-5,7-8,11-14,21,26,28,30-31,33,39-42,44-45H,6,9-10,15-20H2,1-2H3,(H,36,43)/t26-,28-,30+,31+,33+/m1/s1. The first-order valence-corrected chi connectivity index (χ1v) is 15.8. The monoisotopic (exact) mass is 659 g/mol. The molecule has 1 fully saturated rings. The fourth-order valence-corrected chi connectivity index (χ4v) is 5.48. The molecule has 0 spiro atoms. The van der Waals surface area contributed by atoms with Crippen LogP contribution in [0.1, 0.15) is 60.6 Å².